The number of sulfone groups is 1. The number of ether oxygens (including phenoxy) is 15. The lowest BCUT2D eigenvalue weighted by Crippen LogP contribution is -2.61. The van der Waals surface area contributed by atoms with E-state index in [-0.39, 0.29) is 130 Å². The van der Waals surface area contributed by atoms with Gasteiger partial charge in [-0.15, -0.1) is 0 Å². The molecule has 130 heavy (non-hydrogen) atoms. The molecule has 1 aromatic heterocycles. The number of hydrogen-bond acceptors (Lipinski definition) is 29. The molecule has 15 atom stereocenters. The number of aromatic nitrogens is 1. The molecule has 32 nitrogen and oxygen atoms in total. The number of benzene rings is 2. The van der Waals surface area contributed by atoms with Crippen LogP contribution in [0.25, 0.3) is 11.1 Å². The second-order valence-electron chi connectivity index (χ2n) is 34.1. The molecule has 0 radical (unpaired) electrons. The third-order valence-corrected chi connectivity index (χ3v) is 26.3. The number of anilines is 1. The number of ketones is 3. The van der Waals surface area contributed by atoms with Crippen molar-refractivity contribution in [3.63, 3.8) is 0 Å². The molecule has 5 aliphatic rings. The van der Waals surface area contributed by atoms with E-state index in [1.165, 1.54) is 29.9 Å². The number of hydrogen-bond donors (Lipinski definition) is 5. The number of Topliss-reactive ketones (excluding diaryl/α,β-unsaturated/α-hetero) is 3. The number of nitrogen functional groups attached to an aromatic ring is 1. The Balaban J connectivity index is 0.645. The van der Waals surface area contributed by atoms with Crippen LogP contribution < -0.4 is 21.1 Å². The highest BCUT2D eigenvalue weighted by molar-refractivity contribution is 7.91. The zero-order valence-corrected chi connectivity index (χ0v) is 79.1. The Kier molecular flexibility index (Phi) is 46.0. The number of esters is 1. The molecule has 8 rings (SSSR count). The summed E-state index contributed by atoms with van der Waals surface area (Å²) in [5.41, 5.74) is 9.30. The number of fused-ring (bicyclic) bond motifs is 4. The van der Waals surface area contributed by atoms with Gasteiger partial charge in [-0.25, -0.2) is 22.6 Å². The number of rotatable bonds is 40. The first-order valence-corrected chi connectivity index (χ1v) is 47.5. The monoisotopic (exact) mass is 1860 g/mol. The lowest BCUT2D eigenvalue weighted by atomic mass is 9.78. The van der Waals surface area contributed by atoms with Crippen molar-refractivity contribution in [3.05, 3.63) is 119 Å². The highest BCUT2D eigenvalue weighted by Crippen LogP contribution is 2.40. The highest BCUT2D eigenvalue weighted by atomic mass is 32.2. The van der Waals surface area contributed by atoms with Crippen LogP contribution in [0.15, 0.2) is 101 Å². The Morgan fingerprint density at radius 2 is 1.36 bits per heavy atom. The molecule has 3 amide bonds. The van der Waals surface area contributed by atoms with Gasteiger partial charge in [0.25, 0.3) is 22.8 Å². The Hall–Kier alpha value is -7.95. The summed E-state index contributed by atoms with van der Waals surface area (Å²) in [4.78, 5) is 105. The largest absolute Gasteiger partial charge is 0.491 e. The van der Waals surface area contributed by atoms with Crippen molar-refractivity contribution < 1.29 is 128 Å². The number of carbonyl (C=O) groups is 7. The van der Waals surface area contributed by atoms with E-state index in [0.29, 0.717) is 167 Å². The Bertz CT molecular complexity index is 4370. The van der Waals surface area contributed by atoms with Crippen molar-refractivity contribution in [1.29, 1.82) is 0 Å². The van der Waals surface area contributed by atoms with Crippen LogP contribution in [-0.4, -0.2) is 300 Å². The molecular formula is C95H139FN6O26S2. The maximum absolute atomic E-state index is 15.8. The van der Waals surface area contributed by atoms with E-state index in [4.69, 9.17) is 89.0 Å². The third-order valence-electron chi connectivity index (χ3n) is 24.4. The zero-order valence-electron chi connectivity index (χ0n) is 77.4. The van der Waals surface area contributed by atoms with E-state index in [2.05, 4.69) is 15.6 Å². The van der Waals surface area contributed by atoms with Gasteiger partial charge in [0.05, 0.1) is 136 Å². The van der Waals surface area contributed by atoms with Crippen LogP contribution in [0.3, 0.4) is 0 Å². The van der Waals surface area contributed by atoms with E-state index in [9.17, 15) is 52.2 Å². The number of amides is 3. The maximum Gasteiger partial charge on any atom is 0.329 e. The fourth-order valence-corrected chi connectivity index (χ4v) is 18.1. The summed E-state index contributed by atoms with van der Waals surface area (Å²) in [6.07, 6.45) is 12.3. The number of halogens is 1. The number of carbonyl (C=O) groups excluding carboxylic acids is 7. The minimum Gasteiger partial charge on any atom is -0.491 e. The molecule has 0 unspecified atom stereocenters. The van der Waals surface area contributed by atoms with Crippen molar-refractivity contribution in [2.24, 2.45) is 35.5 Å². The van der Waals surface area contributed by atoms with Gasteiger partial charge in [0.1, 0.15) is 65.1 Å². The van der Waals surface area contributed by atoms with Gasteiger partial charge in [0.2, 0.25) is 11.7 Å². The molecule has 6 N–H and O–H groups in total. The average molecular weight is 1860 g/mol. The van der Waals surface area contributed by atoms with Gasteiger partial charge in [-0.2, -0.15) is 0 Å². The summed E-state index contributed by atoms with van der Waals surface area (Å²) in [7, 11) is 0.361. The average Bonchev–Trinajstić information content (AvgIpc) is 1.28. The highest BCUT2D eigenvalue weighted by Gasteiger charge is 2.53. The second kappa shape index (κ2) is 55.7. The summed E-state index contributed by atoms with van der Waals surface area (Å²) in [6.45, 7) is 19.9. The van der Waals surface area contributed by atoms with Crippen LogP contribution in [0, 0.1) is 48.2 Å². The zero-order chi connectivity index (χ0) is 94.3. The number of aliphatic hydroxyl groups is 2. The van der Waals surface area contributed by atoms with Crippen LogP contribution in [0.5, 0.6) is 5.75 Å². The van der Waals surface area contributed by atoms with Gasteiger partial charge in [0.15, 0.2) is 15.6 Å². The first-order valence-electron chi connectivity index (χ1n) is 45.5. The number of pyridine rings is 1. The number of nitrogens with one attached hydrogen (secondary N) is 2. The lowest BCUT2D eigenvalue weighted by molar-refractivity contribution is -0.265. The van der Waals surface area contributed by atoms with E-state index in [1.807, 2.05) is 75.4 Å². The summed E-state index contributed by atoms with van der Waals surface area (Å²) >= 11 is 5.60. The van der Waals surface area contributed by atoms with Crippen LogP contribution in [0.1, 0.15) is 153 Å². The first-order chi connectivity index (χ1) is 62.4. The number of thiocarbonyl (C=S) groups is 1. The molecule has 724 valence electrons. The number of piperidine rings is 1. The predicted octanol–water partition coefficient (Wildman–Crippen LogP) is 9.32. The lowest BCUT2D eigenvalue weighted by Gasteiger charge is -2.42. The molecule has 4 aliphatic heterocycles. The minimum absolute atomic E-state index is 0.0175. The minimum atomic E-state index is -4.19. The van der Waals surface area contributed by atoms with Crippen LogP contribution in [0.2, 0.25) is 0 Å². The van der Waals surface area contributed by atoms with Crippen molar-refractivity contribution in [2.75, 3.05) is 171 Å². The van der Waals surface area contributed by atoms with Crippen LogP contribution in [0.4, 0.5) is 10.2 Å². The topological polar surface area (TPSA) is 402 Å². The van der Waals surface area contributed by atoms with Crippen molar-refractivity contribution in [3.8, 4) is 16.9 Å². The summed E-state index contributed by atoms with van der Waals surface area (Å²) in [6, 6.07) is 10.3. The smallest absolute Gasteiger partial charge is 0.329 e. The third kappa shape index (κ3) is 33.6. The Morgan fingerprint density at radius 1 is 0.715 bits per heavy atom. The normalized spacial score (nSPS) is 26.0. The number of nitrogens with two attached hydrogens (primary N) is 1. The fraction of sp³-hybridized carbons (Fsp3) is 0.653. The van der Waals surface area contributed by atoms with Gasteiger partial charge in [0, 0.05) is 107 Å². The Labute approximate surface area is 770 Å². The van der Waals surface area contributed by atoms with Crippen molar-refractivity contribution in [1.82, 2.24) is 25.4 Å². The van der Waals surface area contributed by atoms with Gasteiger partial charge in [-0.05, 0) is 174 Å². The second-order valence-corrected chi connectivity index (χ2v) is 36.6. The fourth-order valence-electron chi connectivity index (χ4n) is 16.6. The Morgan fingerprint density at radius 3 is 1.99 bits per heavy atom. The van der Waals surface area contributed by atoms with Crippen LogP contribution in [-0.2, 0) is 111 Å². The number of methoxy groups -OCH3 is 3. The molecule has 2 saturated heterocycles. The molecule has 1 aliphatic carbocycles. The van der Waals surface area contributed by atoms with Gasteiger partial charge in [-0.1, -0.05) is 77.1 Å². The molecule has 3 fully saturated rings. The predicted molar refractivity (Wildman–Crippen MR) is 486 cm³/mol. The van der Waals surface area contributed by atoms with Crippen molar-refractivity contribution in [2.45, 2.75) is 205 Å². The standard InChI is InChI=1S/C95H139FN6O26S2/c1-62-17-13-12-14-18-63(2)80(114-9)58-74-24-20-68(7)95(111,128-74)90(107)92(109)102-33-16-15-19-76(102)93(110)126-81(59-77(103)64(3)54-67(6)88(106)89(116-11)87(105)66(5)53-62)65(4)55-70-21-26-79(82(56-70)115-10)127-94(129)99-31-36-118-39-41-120-43-45-122-47-49-124-51-50-123-48-46-121-44-42-119-40-38-117-35-30-85(104)98-32-52-130(112,113)83-28-25-75(69(8)86(83)96)91(108)101-34-37-125-78-27-22-71(57-73(78)61-101)72-23-29-84(97)100-60-72/h12-14,17-18,22-23,25,27-29,54,57,60,62,64-66,68,70,74,76,79-82,88-89,106,111H,15-16,19-21,24,26,30-53,55-56,58-59,61H2,1-11H3,(H2,97,100)(H,98,104)(H,99,129)/b14-12?,17-13+,63-18?,67-54+/t62-,64-,65-,66-,68-,70+,74+,76+,79-,80+,81+,82-,88-,89+,95-/m1/s1. The SMILES string of the molecule is CO[C@H]1C[C@@H]2CC[C@@H](C)[C@@](O)(O2)C(=O)C(=O)N2CCCC[C@H]2C(=O)O[C@H]([C@H](C)C[C@@H]2CC[C@@H](OC(=S)NCCOCCOCCOCCOCCOCCOCCOCCOCCC(=O)NCCS(=O)(=O)c3ccc(C(=O)N4CCOc5ccc(-c6ccc(N)nc6)cc5C4)c(C)c3F)[C@H](OC)C2)CC(=O)[C@H](C)/C=C(\C)[C@@H](O)[C@@H](OC)C(=O)[C@H](C)C[C@H](C)/C=C/C=CC=C1C. The van der Waals surface area contributed by atoms with Gasteiger partial charge in [-0.3, -0.25) is 28.8 Å². The number of allylic oxidation sites excluding steroid dienone is 6. The maximum atomic E-state index is 15.8. The summed E-state index contributed by atoms with van der Waals surface area (Å²) < 4.78 is 129. The van der Waals surface area contributed by atoms with E-state index < -0.39 is 122 Å². The molecule has 3 aromatic rings. The molecule has 2 aromatic carbocycles. The molecule has 2 bridgehead atoms. The van der Waals surface area contributed by atoms with E-state index in [0.717, 1.165) is 28.3 Å². The number of nitrogens with zero attached hydrogens (tertiary/aromatic N) is 3. The van der Waals surface area contributed by atoms with Crippen LogP contribution >= 0.6 is 12.2 Å². The molecule has 0 spiro atoms. The van der Waals surface area contributed by atoms with Crippen molar-refractivity contribution >= 4 is 74.1 Å². The summed E-state index contributed by atoms with van der Waals surface area (Å²) in [5, 5.41) is 29.6. The van der Waals surface area contributed by atoms with Gasteiger partial charge >= 0.3 is 5.97 Å². The number of aliphatic hydroxyl groups excluding tert-OH is 1. The van der Waals surface area contributed by atoms with E-state index >= 15 is 4.39 Å². The number of cyclic esters (lactones) is 1. The quantitative estimate of drug-likeness (QED) is 0.0116. The molecule has 35 heteroatoms. The van der Waals surface area contributed by atoms with Gasteiger partial charge < -0.3 is 107 Å². The molecule has 5 heterocycles. The first kappa shape index (κ1) is 107. The van der Waals surface area contributed by atoms with E-state index in [1.54, 1.807) is 60.3 Å². The molecular weight excluding hydrogens is 1720 g/mol. The molecule has 1 saturated carbocycles. The summed E-state index contributed by atoms with van der Waals surface area (Å²) in [5.74, 6) is -10.0.